The number of benzene rings is 2. The predicted octanol–water partition coefficient (Wildman–Crippen LogP) is 2.79. The Morgan fingerprint density at radius 1 is 0.943 bits per heavy atom. The summed E-state index contributed by atoms with van der Waals surface area (Å²) in [7, 11) is 4.81. The standard InChI is InChI=1S/C26H30N4O5/c1-33-21-6-4-20(5-7-21)30-25(31)11-10-24(28-30)29-14-12-18(13-15-29)26(32)27-17-19-16-22(34-2)8-9-23(19)35-3/h4-11,16,18H,12-15,17H2,1-3H3,(H,27,32). The number of anilines is 1. The van der Waals surface area contributed by atoms with E-state index in [0.717, 1.165) is 5.56 Å². The first-order valence-electron chi connectivity index (χ1n) is 11.5. The minimum absolute atomic E-state index is 0.0192. The number of nitrogens with one attached hydrogen (secondary N) is 1. The Labute approximate surface area is 204 Å². The fourth-order valence-electron chi connectivity index (χ4n) is 4.20. The minimum Gasteiger partial charge on any atom is -0.497 e. The van der Waals surface area contributed by atoms with Crippen molar-refractivity contribution in [2.75, 3.05) is 39.3 Å². The van der Waals surface area contributed by atoms with Gasteiger partial charge in [-0.05, 0) is 61.4 Å². The highest BCUT2D eigenvalue weighted by molar-refractivity contribution is 5.79. The Balaban J connectivity index is 1.37. The summed E-state index contributed by atoms with van der Waals surface area (Å²) in [5, 5.41) is 7.60. The fourth-order valence-corrected chi connectivity index (χ4v) is 4.20. The van der Waals surface area contributed by atoms with Gasteiger partial charge in [-0.3, -0.25) is 9.59 Å². The number of aromatic nitrogens is 2. The van der Waals surface area contributed by atoms with Crippen LogP contribution in [0, 0.1) is 5.92 Å². The van der Waals surface area contributed by atoms with Crippen molar-refractivity contribution in [1.29, 1.82) is 0 Å². The molecular formula is C26H30N4O5. The first kappa shape index (κ1) is 24.1. The van der Waals surface area contributed by atoms with Crippen molar-refractivity contribution in [1.82, 2.24) is 15.1 Å². The second-order valence-corrected chi connectivity index (χ2v) is 8.30. The molecule has 9 heteroatoms. The summed E-state index contributed by atoms with van der Waals surface area (Å²) in [4.78, 5) is 27.3. The molecule has 9 nitrogen and oxygen atoms in total. The highest BCUT2D eigenvalue weighted by Gasteiger charge is 2.26. The number of carbonyl (C=O) groups is 1. The molecule has 1 aliphatic rings. The molecule has 3 aromatic rings. The van der Waals surface area contributed by atoms with Crippen LogP contribution in [0.3, 0.4) is 0 Å². The number of hydrogen-bond acceptors (Lipinski definition) is 7. The Hall–Kier alpha value is -4.01. The molecule has 1 saturated heterocycles. The molecule has 0 spiro atoms. The van der Waals surface area contributed by atoms with Gasteiger partial charge in [0.15, 0.2) is 0 Å². The molecule has 1 fully saturated rings. The van der Waals surface area contributed by atoms with Crippen LogP contribution in [-0.4, -0.2) is 50.1 Å². The lowest BCUT2D eigenvalue weighted by Gasteiger charge is -2.32. The van der Waals surface area contributed by atoms with Crippen molar-refractivity contribution in [2.45, 2.75) is 19.4 Å². The zero-order chi connectivity index (χ0) is 24.8. The van der Waals surface area contributed by atoms with E-state index in [2.05, 4.69) is 15.3 Å². The molecule has 4 rings (SSSR count). The Morgan fingerprint density at radius 3 is 2.29 bits per heavy atom. The SMILES string of the molecule is COc1ccc(-n2nc(N3CCC(C(=O)NCc4cc(OC)ccc4OC)CC3)ccc2=O)cc1. The predicted molar refractivity (Wildman–Crippen MR) is 133 cm³/mol. The number of rotatable bonds is 8. The molecule has 0 aliphatic carbocycles. The monoisotopic (exact) mass is 478 g/mol. The molecule has 1 amide bonds. The minimum atomic E-state index is -0.207. The van der Waals surface area contributed by atoms with Crippen LogP contribution >= 0.6 is 0 Å². The van der Waals surface area contributed by atoms with Crippen LogP contribution in [0.4, 0.5) is 5.82 Å². The normalized spacial score (nSPS) is 13.9. The van der Waals surface area contributed by atoms with E-state index in [1.165, 1.54) is 10.7 Å². The van der Waals surface area contributed by atoms with Gasteiger partial charge in [-0.15, -0.1) is 5.10 Å². The van der Waals surface area contributed by atoms with Gasteiger partial charge in [0.2, 0.25) is 5.91 Å². The van der Waals surface area contributed by atoms with Crippen molar-refractivity contribution in [2.24, 2.45) is 5.92 Å². The molecule has 35 heavy (non-hydrogen) atoms. The van der Waals surface area contributed by atoms with E-state index in [1.807, 2.05) is 18.2 Å². The Bertz CT molecular complexity index is 1220. The summed E-state index contributed by atoms with van der Waals surface area (Å²) < 4.78 is 17.2. The lowest BCUT2D eigenvalue weighted by atomic mass is 9.96. The van der Waals surface area contributed by atoms with Gasteiger partial charge >= 0.3 is 0 Å². The molecule has 0 radical (unpaired) electrons. The molecule has 2 aromatic carbocycles. The molecule has 184 valence electrons. The van der Waals surface area contributed by atoms with Gasteiger partial charge in [-0.1, -0.05) is 0 Å². The second-order valence-electron chi connectivity index (χ2n) is 8.30. The van der Waals surface area contributed by atoms with E-state index in [1.54, 1.807) is 51.7 Å². The molecule has 0 bridgehead atoms. The molecule has 1 N–H and O–H groups in total. The van der Waals surface area contributed by atoms with Crippen LogP contribution < -0.4 is 30.0 Å². The van der Waals surface area contributed by atoms with Crippen molar-refractivity contribution in [3.8, 4) is 22.9 Å². The highest BCUT2D eigenvalue weighted by Crippen LogP contribution is 2.25. The van der Waals surface area contributed by atoms with Gasteiger partial charge in [-0.2, -0.15) is 4.68 Å². The largest absolute Gasteiger partial charge is 0.497 e. The fraction of sp³-hybridized carbons (Fsp3) is 0.346. The van der Waals surface area contributed by atoms with Gasteiger partial charge in [0.05, 0.1) is 27.0 Å². The zero-order valence-electron chi connectivity index (χ0n) is 20.2. The molecule has 1 aromatic heterocycles. The summed E-state index contributed by atoms with van der Waals surface area (Å²) in [6.45, 7) is 1.72. The van der Waals surface area contributed by atoms with Crippen LogP contribution in [0.1, 0.15) is 18.4 Å². The zero-order valence-corrected chi connectivity index (χ0v) is 20.2. The van der Waals surface area contributed by atoms with Gasteiger partial charge < -0.3 is 24.4 Å². The van der Waals surface area contributed by atoms with Crippen LogP contribution in [0.5, 0.6) is 17.2 Å². The first-order chi connectivity index (χ1) is 17.0. The third-order valence-corrected chi connectivity index (χ3v) is 6.23. The molecule has 2 heterocycles. The molecule has 0 unspecified atom stereocenters. The average molecular weight is 479 g/mol. The summed E-state index contributed by atoms with van der Waals surface area (Å²) in [6, 6.07) is 16.0. The molecule has 1 aliphatic heterocycles. The number of amides is 1. The number of hydrogen-bond donors (Lipinski definition) is 1. The molecule has 0 atom stereocenters. The maximum absolute atomic E-state index is 12.8. The van der Waals surface area contributed by atoms with Crippen molar-refractivity contribution in [3.63, 3.8) is 0 Å². The van der Waals surface area contributed by atoms with Gasteiger partial charge in [0.1, 0.15) is 23.1 Å². The lowest BCUT2D eigenvalue weighted by Crippen LogP contribution is -2.41. The lowest BCUT2D eigenvalue weighted by molar-refractivity contribution is -0.125. The summed E-state index contributed by atoms with van der Waals surface area (Å²) >= 11 is 0. The van der Waals surface area contributed by atoms with Crippen molar-refractivity contribution in [3.05, 3.63) is 70.5 Å². The molecule has 0 saturated carbocycles. The van der Waals surface area contributed by atoms with Gasteiger partial charge in [-0.25, -0.2) is 0 Å². The first-order valence-corrected chi connectivity index (χ1v) is 11.5. The van der Waals surface area contributed by atoms with Gasteiger partial charge in [0, 0.05) is 37.2 Å². The van der Waals surface area contributed by atoms with E-state index >= 15 is 0 Å². The molecular weight excluding hydrogens is 448 g/mol. The second kappa shape index (κ2) is 10.9. The third kappa shape index (κ3) is 5.56. The van der Waals surface area contributed by atoms with E-state index < -0.39 is 0 Å². The van der Waals surface area contributed by atoms with Gasteiger partial charge in [0.25, 0.3) is 5.56 Å². The Kier molecular flexibility index (Phi) is 7.54. The number of carbonyl (C=O) groups excluding carboxylic acids is 1. The van der Waals surface area contributed by atoms with Crippen LogP contribution in [0.25, 0.3) is 5.69 Å². The topological polar surface area (TPSA) is 94.9 Å². The number of piperidine rings is 1. The van der Waals surface area contributed by atoms with E-state index in [9.17, 15) is 9.59 Å². The number of nitrogens with zero attached hydrogens (tertiary/aromatic N) is 3. The number of methoxy groups -OCH3 is 3. The summed E-state index contributed by atoms with van der Waals surface area (Å²) in [5.74, 6) is 2.77. The summed E-state index contributed by atoms with van der Waals surface area (Å²) in [5.41, 5.74) is 1.32. The van der Waals surface area contributed by atoms with Crippen molar-refractivity contribution >= 4 is 11.7 Å². The quantitative estimate of drug-likeness (QED) is 0.532. The van der Waals surface area contributed by atoms with Crippen molar-refractivity contribution < 1.29 is 19.0 Å². The Morgan fingerprint density at radius 2 is 1.63 bits per heavy atom. The highest BCUT2D eigenvalue weighted by atomic mass is 16.5. The summed E-state index contributed by atoms with van der Waals surface area (Å²) in [6.07, 6.45) is 1.40. The number of ether oxygens (including phenoxy) is 3. The van der Waals surface area contributed by atoms with Crippen LogP contribution in [0.2, 0.25) is 0 Å². The average Bonchev–Trinajstić information content (AvgIpc) is 2.92. The van der Waals surface area contributed by atoms with Crippen LogP contribution in [0.15, 0.2) is 59.4 Å². The van der Waals surface area contributed by atoms with E-state index in [-0.39, 0.29) is 17.4 Å². The maximum atomic E-state index is 12.8. The smallest absolute Gasteiger partial charge is 0.271 e. The van der Waals surface area contributed by atoms with E-state index in [0.29, 0.717) is 61.2 Å². The maximum Gasteiger partial charge on any atom is 0.271 e. The third-order valence-electron chi connectivity index (χ3n) is 6.23. The van der Waals surface area contributed by atoms with E-state index in [4.69, 9.17) is 14.2 Å². The van der Waals surface area contributed by atoms with Crippen LogP contribution in [-0.2, 0) is 11.3 Å².